The molecule has 49 heavy (non-hydrogen) atoms. The molecular formula is C45H31N3O. The maximum atomic E-state index is 6.80. The summed E-state index contributed by atoms with van der Waals surface area (Å²) in [4.78, 5) is 14.9. The first-order chi connectivity index (χ1) is 24.3. The molecule has 0 saturated carbocycles. The first-order valence-electron chi connectivity index (χ1n) is 16.6. The lowest BCUT2D eigenvalue weighted by Crippen LogP contribution is -2.07. The molecule has 0 radical (unpaired) electrons. The van der Waals surface area contributed by atoms with Crippen LogP contribution in [-0.4, -0.2) is 15.0 Å². The van der Waals surface area contributed by atoms with Crippen LogP contribution in [0.25, 0.3) is 78.1 Å². The van der Waals surface area contributed by atoms with E-state index in [1.165, 1.54) is 11.1 Å². The fourth-order valence-electron chi connectivity index (χ4n) is 6.75. The number of rotatable bonds is 6. The SMILES string of the molecule is C1=CCC(c2nc(-c3ccccc3)nc(-c3cccc(-c4cccc5c4oc4c(-c6ccc(-c7ccccc7)cc6)cccc45)c3)n2)C=C1. The Kier molecular flexibility index (Phi) is 7.25. The molecule has 1 unspecified atom stereocenters. The van der Waals surface area contributed by atoms with Crippen LogP contribution in [0, 0.1) is 0 Å². The van der Waals surface area contributed by atoms with Crippen molar-refractivity contribution in [3.05, 3.63) is 176 Å². The van der Waals surface area contributed by atoms with Gasteiger partial charge >= 0.3 is 0 Å². The van der Waals surface area contributed by atoms with E-state index in [2.05, 4.69) is 133 Å². The molecule has 2 heterocycles. The van der Waals surface area contributed by atoms with Crippen molar-refractivity contribution in [3.63, 3.8) is 0 Å². The number of benzene rings is 6. The van der Waals surface area contributed by atoms with E-state index in [1.54, 1.807) is 0 Å². The molecule has 0 amide bonds. The normalized spacial score (nSPS) is 14.1. The van der Waals surface area contributed by atoms with Gasteiger partial charge in [-0.2, -0.15) is 0 Å². The van der Waals surface area contributed by atoms with Gasteiger partial charge in [0.25, 0.3) is 0 Å². The molecule has 9 rings (SSSR count). The third kappa shape index (κ3) is 5.43. The van der Waals surface area contributed by atoms with Gasteiger partial charge in [0, 0.05) is 38.9 Å². The van der Waals surface area contributed by atoms with Crippen molar-refractivity contribution in [1.29, 1.82) is 0 Å². The quantitative estimate of drug-likeness (QED) is 0.184. The van der Waals surface area contributed by atoms with Crippen molar-refractivity contribution in [1.82, 2.24) is 15.0 Å². The minimum Gasteiger partial charge on any atom is -0.455 e. The van der Waals surface area contributed by atoms with Gasteiger partial charge < -0.3 is 4.42 Å². The van der Waals surface area contributed by atoms with E-state index < -0.39 is 0 Å². The number of para-hydroxylation sites is 2. The highest BCUT2D eigenvalue weighted by Crippen LogP contribution is 2.41. The predicted molar refractivity (Wildman–Crippen MR) is 200 cm³/mol. The van der Waals surface area contributed by atoms with Crippen LogP contribution in [0.1, 0.15) is 18.2 Å². The summed E-state index contributed by atoms with van der Waals surface area (Å²) in [6, 6.07) is 50.5. The molecule has 0 saturated heterocycles. The third-order valence-corrected chi connectivity index (χ3v) is 9.26. The van der Waals surface area contributed by atoms with Gasteiger partial charge in [0.15, 0.2) is 11.6 Å². The second-order valence-corrected chi connectivity index (χ2v) is 12.4. The predicted octanol–water partition coefficient (Wildman–Crippen LogP) is 11.7. The van der Waals surface area contributed by atoms with E-state index >= 15 is 0 Å². The van der Waals surface area contributed by atoms with Crippen LogP contribution < -0.4 is 0 Å². The molecule has 1 aliphatic carbocycles. The Morgan fingerprint density at radius 2 is 1.00 bits per heavy atom. The van der Waals surface area contributed by atoms with Gasteiger partial charge in [-0.3, -0.25) is 0 Å². The summed E-state index contributed by atoms with van der Waals surface area (Å²) in [6.07, 6.45) is 9.33. The molecule has 0 N–H and O–H groups in total. The van der Waals surface area contributed by atoms with Gasteiger partial charge in [-0.25, -0.2) is 15.0 Å². The number of aromatic nitrogens is 3. The number of hydrogen-bond donors (Lipinski definition) is 0. The molecule has 0 spiro atoms. The van der Waals surface area contributed by atoms with Gasteiger partial charge in [-0.05, 0) is 34.7 Å². The maximum absolute atomic E-state index is 6.80. The zero-order chi connectivity index (χ0) is 32.6. The highest BCUT2D eigenvalue weighted by atomic mass is 16.3. The number of hydrogen-bond acceptors (Lipinski definition) is 4. The molecule has 1 atom stereocenters. The van der Waals surface area contributed by atoms with Crippen LogP contribution in [0.4, 0.5) is 0 Å². The van der Waals surface area contributed by atoms with Crippen LogP contribution in [0.3, 0.4) is 0 Å². The Balaban J connectivity index is 1.13. The number of furan rings is 1. The second-order valence-electron chi connectivity index (χ2n) is 12.4. The first-order valence-corrected chi connectivity index (χ1v) is 16.6. The fraction of sp³-hybridized carbons (Fsp3) is 0.0444. The molecule has 8 aromatic rings. The average molecular weight is 630 g/mol. The number of allylic oxidation sites excluding steroid dienone is 4. The molecule has 0 fully saturated rings. The zero-order valence-electron chi connectivity index (χ0n) is 26.7. The van der Waals surface area contributed by atoms with Crippen molar-refractivity contribution in [2.45, 2.75) is 12.3 Å². The molecule has 2 aromatic heterocycles. The molecule has 1 aliphatic rings. The number of fused-ring (bicyclic) bond motifs is 3. The van der Waals surface area contributed by atoms with E-state index in [0.29, 0.717) is 11.6 Å². The molecule has 4 heteroatoms. The highest BCUT2D eigenvalue weighted by molar-refractivity contribution is 6.13. The summed E-state index contributed by atoms with van der Waals surface area (Å²) < 4.78 is 6.80. The van der Waals surface area contributed by atoms with Crippen molar-refractivity contribution in [3.8, 4) is 56.2 Å². The van der Waals surface area contributed by atoms with Gasteiger partial charge in [0.05, 0.1) is 0 Å². The number of nitrogens with zero attached hydrogens (tertiary/aromatic N) is 3. The molecule has 232 valence electrons. The third-order valence-electron chi connectivity index (χ3n) is 9.26. The van der Waals surface area contributed by atoms with Crippen LogP contribution in [0.5, 0.6) is 0 Å². The monoisotopic (exact) mass is 629 g/mol. The largest absolute Gasteiger partial charge is 0.455 e. The Bertz CT molecular complexity index is 2510. The lowest BCUT2D eigenvalue weighted by Gasteiger charge is -2.14. The first kappa shape index (κ1) is 28.8. The van der Waals surface area contributed by atoms with Gasteiger partial charge in [-0.15, -0.1) is 0 Å². The maximum Gasteiger partial charge on any atom is 0.163 e. The molecule has 0 bridgehead atoms. The molecule has 4 nitrogen and oxygen atoms in total. The summed E-state index contributed by atoms with van der Waals surface area (Å²) in [5.41, 5.74) is 10.3. The standard InChI is InChI=1S/C45H31N3O/c1-4-13-30(14-5-1)31-25-27-32(28-26-31)37-21-11-23-39-40-24-12-22-38(42(40)49-41(37)39)35-19-10-20-36(29-35)45-47-43(33-15-6-2-7-16-33)46-44(48-45)34-17-8-3-9-18-34/h1-17,19-29,34H,18H2. The fourth-order valence-corrected chi connectivity index (χ4v) is 6.75. The Hall–Kier alpha value is -6.39. The van der Waals surface area contributed by atoms with Crippen LogP contribution in [0.15, 0.2) is 174 Å². The zero-order valence-corrected chi connectivity index (χ0v) is 26.7. The van der Waals surface area contributed by atoms with E-state index in [0.717, 1.165) is 67.6 Å². The minimum atomic E-state index is 0.102. The lowest BCUT2D eigenvalue weighted by atomic mass is 9.98. The van der Waals surface area contributed by atoms with E-state index in [1.807, 2.05) is 36.4 Å². The lowest BCUT2D eigenvalue weighted by molar-refractivity contribution is 0.671. The molecular weight excluding hydrogens is 599 g/mol. The van der Waals surface area contributed by atoms with Crippen molar-refractivity contribution < 1.29 is 4.42 Å². The van der Waals surface area contributed by atoms with E-state index in [4.69, 9.17) is 19.4 Å². The van der Waals surface area contributed by atoms with E-state index in [9.17, 15) is 0 Å². The van der Waals surface area contributed by atoms with E-state index in [-0.39, 0.29) is 5.92 Å². The van der Waals surface area contributed by atoms with Crippen molar-refractivity contribution in [2.24, 2.45) is 0 Å². The van der Waals surface area contributed by atoms with Crippen LogP contribution in [-0.2, 0) is 0 Å². The average Bonchev–Trinajstić information content (AvgIpc) is 3.58. The Morgan fingerprint density at radius 1 is 0.449 bits per heavy atom. The molecule has 0 aliphatic heterocycles. The second kappa shape index (κ2) is 12.3. The smallest absolute Gasteiger partial charge is 0.163 e. The van der Waals surface area contributed by atoms with Crippen molar-refractivity contribution >= 4 is 21.9 Å². The minimum absolute atomic E-state index is 0.102. The summed E-state index contributed by atoms with van der Waals surface area (Å²) in [5.74, 6) is 2.22. The topological polar surface area (TPSA) is 51.8 Å². The summed E-state index contributed by atoms with van der Waals surface area (Å²) in [7, 11) is 0. The van der Waals surface area contributed by atoms with Gasteiger partial charge in [0.1, 0.15) is 17.0 Å². The van der Waals surface area contributed by atoms with Crippen LogP contribution in [0.2, 0.25) is 0 Å². The summed E-state index contributed by atoms with van der Waals surface area (Å²) >= 11 is 0. The van der Waals surface area contributed by atoms with Gasteiger partial charge in [-0.1, -0.05) is 164 Å². The van der Waals surface area contributed by atoms with Crippen LogP contribution >= 0.6 is 0 Å². The summed E-state index contributed by atoms with van der Waals surface area (Å²) in [5, 5.41) is 2.19. The Labute approximate surface area is 284 Å². The Morgan fingerprint density at radius 3 is 1.67 bits per heavy atom. The summed E-state index contributed by atoms with van der Waals surface area (Å²) in [6.45, 7) is 0. The highest BCUT2D eigenvalue weighted by Gasteiger charge is 2.19. The molecule has 6 aromatic carbocycles. The van der Waals surface area contributed by atoms with Gasteiger partial charge in [0.2, 0.25) is 0 Å². The van der Waals surface area contributed by atoms with Crippen molar-refractivity contribution in [2.75, 3.05) is 0 Å².